The van der Waals surface area contributed by atoms with Crippen molar-refractivity contribution in [2.75, 3.05) is 7.11 Å². The standard InChI is InChI=1S/C23H23ClF2O4S/c1-30-22(27)6-2-4-16-5-3-13-23(15-16,20-14-18(25)9-12-21(20)26)31(28,29)19-10-7-17(24)8-11-19/h2,6-12,14,16H,3-5,13,15H2,1H3/b6-2+/t16-,23+/m1/s1. The quantitative estimate of drug-likeness (QED) is 0.409. The van der Waals surface area contributed by atoms with Gasteiger partial charge in [-0.15, -0.1) is 0 Å². The van der Waals surface area contributed by atoms with Crippen LogP contribution in [0.4, 0.5) is 8.78 Å². The molecule has 1 saturated carbocycles. The molecule has 0 bridgehead atoms. The number of carbonyl (C=O) groups is 1. The Morgan fingerprint density at radius 1 is 1.23 bits per heavy atom. The number of rotatable bonds is 6. The third-order valence-electron chi connectivity index (χ3n) is 5.79. The molecule has 0 aliphatic heterocycles. The van der Waals surface area contributed by atoms with Crippen LogP contribution < -0.4 is 0 Å². The molecule has 1 aliphatic carbocycles. The van der Waals surface area contributed by atoms with Crippen LogP contribution in [0, 0.1) is 17.6 Å². The maximum Gasteiger partial charge on any atom is 0.330 e. The van der Waals surface area contributed by atoms with Crippen LogP contribution in [-0.2, 0) is 24.1 Å². The van der Waals surface area contributed by atoms with Gasteiger partial charge in [0.2, 0.25) is 0 Å². The van der Waals surface area contributed by atoms with E-state index in [-0.39, 0.29) is 29.2 Å². The Kier molecular flexibility index (Phi) is 7.17. The van der Waals surface area contributed by atoms with Crippen LogP contribution in [-0.4, -0.2) is 21.5 Å². The lowest BCUT2D eigenvalue weighted by Gasteiger charge is -2.41. The zero-order chi connectivity index (χ0) is 22.6. The summed E-state index contributed by atoms with van der Waals surface area (Å²) in [5, 5.41) is 0.374. The molecule has 4 nitrogen and oxygen atoms in total. The minimum atomic E-state index is -4.09. The van der Waals surface area contributed by atoms with Crippen molar-refractivity contribution in [2.45, 2.75) is 41.7 Å². The lowest BCUT2D eigenvalue weighted by Crippen LogP contribution is -2.41. The van der Waals surface area contributed by atoms with Gasteiger partial charge < -0.3 is 4.74 Å². The van der Waals surface area contributed by atoms with Gasteiger partial charge in [-0.25, -0.2) is 22.0 Å². The molecule has 3 rings (SSSR count). The van der Waals surface area contributed by atoms with Gasteiger partial charge in [-0.2, -0.15) is 0 Å². The van der Waals surface area contributed by atoms with Crippen LogP contribution in [0.15, 0.2) is 59.5 Å². The fourth-order valence-corrected chi connectivity index (χ4v) is 6.68. The van der Waals surface area contributed by atoms with E-state index in [4.69, 9.17) is 11.6 Å². The maximum absolute atomic E-state index is 14.9. The number of hydrogen-bond acceptors (Lipinski definition) is 4. The van der Waals surface area contributed by atoms with Crippen molar-refractivity contribution in [3.05, 3.63) is 76.8 Å². The molecule has 0 N–H and O–H groups in total. The molecule has 166 valence electrons. The highest BCUT2D eigenvalue weighted by Crippen LogP contribution is 2.50. The van der Waals surface area contributed by atoms with Gasteiger partial charge in [0.05, 0.1) is 12.0 Å². The molecule has 2 atom stereocenters. The summed E-state index contributed by atoms with van der Waals surface area (Å²) in [7, 11) is -2.83. The van der Waals surface area contributed by atoms with Crippen molar-refractivity contribution in [1.29, 1.82) is 0 Å². The first-order valence-corrected chi connectivity index (χ1v) is 11.8. The molecule has 1 aliphatic rings. The molecular weight excluding hydrogens is 446 g/mol. The number of methoxy groups -OCH3 is 1. The fraction of sp³-hybridized carbons (Fsp3) is 0.348. The Morgan fingerprint density at radius 2 is 1.94 bits per heavy atom. The van der Waals surface area contributed by atoms with Gasteiger partial charge >= 0.3 is 5.97 Å². The first-order chi connectivity index (χ1) is 14.7. The average Bonchev–Trinajstić information content (AvgIpc) is 2.75. The molecule has 0 heterocycles. The van der Waals surface area contributed by atoms with E-state index in [2.05, 4.69) is 4.74 Å². The van der Waals surface area contributed by atoms with Crippen molar-refractivity contribution >= 4 is 27.4 Å². The summed E-state index contributed by atoms with van der Waals surface area (Å²) in [6.07, 6.45) is 4.82. The molecule has 0 amide bonds. The number of halogens is 3. The van der Waals surface area contributed by atoms with Gasteiger partial charge in [0.25, 0.3) is 0 Å². The lowest BCUT2D eigenvalue weighted by atomic mass is 9.75. The normalized spacial score (nSPS) is 21.9. The summed E-state index contributed by atoms with van der Waals surface area (Å²) in [5.74, 6) is -2.11. The van der Waals surface area contributed by atoms with E-state index in [0.29, 0.717) is 24.3 Å². The molecule has 8 heteroatoms. The Hall–Kier alpha value is -2.25. The zero-order valence-corrected chi connectivity index (χ0v) is 18.6. The highest BCUT2D eigenvalue weighted by molar-refractivity contribution is 7.92. The number of carbonyl (C=O) groups excluding carboxylic acids is 1. The van der Waals surface area contributed by atoms with E-state index in [0.717, 1.165) is 18.2 Å². The van der Waals surface area contributed by atoms with Crippen molar-refractivity contribution in [3.8, 4) is 0 Å². The van der Waals surface area contributed by atoms with E-state index in [1.165, 1.54) is 37.5 Å². The van der Waals surface area contributed by atoms with Crippen molar-refractivity contribution in [2.24, 2.45) is 5.92 Å². The van der Waals surface area contributed by atoms with E-state index >= 15 is 0 Å². The van der Waals surface area contributed by atoms with Gasteiger partial charge in [0.15, 0.2) is 9.84 Å². The van der Waals surface area contributed by atoms with Gasteiger partial charge in [-0.3, -0.25) is 0 Å². The first kappa shape index (κ1) is 23.4. The molecule has 2 aromatic carbocycles. The van der Waals surface area contributed by atoms with Crippen LogP contribution in [0.1, 0.15) is 37.7 Å². The fourth-order valence-electron chi connectivity index (χ4n) is 4.29. The summed E-state index contributed by atoms with van der Waals surface area (Å²) in [6, 6.07) is 8.61. The second-order valence-electron chi connectivity index (χ2n) is 7.70. The second-order valence-corrected chi connectivity index (χ2v) is 10.4. The van der Waals surface area contributed by atoms with Crippen molar-refractivity contribution in [3.63, 3.8) is 0 Å². The van der Waals surface area contributed by atoms with Crippen LogP contribution in [0.3, 0.4) is 0 Å². The van der Waals surface area contributed by atoms with Crippen molar-refractivity contribution < 1.29 is 26.7 Å². The SMILES string of the molecule is COC(=O)/C=C/C[C@@H]1CCC[C@](c2cc(F)ccc2F)(S(=O)(=O)c2ccc(Cl)cc2)C1. The van der Waals surface area contributed by atoms with Crippen LogP contribution in [0.25, 0.3) is 0 Å². The van der Waals surface area contributed by atoms with E-state index < -0.39 is 32.2 Å². The Bertz CT molecular complexity index is 1080. The Labute approximate surface area is 185 Å². The highest BCUT2D eigenvalue weighted by atomic mass is 35.5. The molecular formula is C23H23ClF2O4S. The monoisotopic (exact) mass is 468 g/mol. The Morgan fingerprint density at radius 3 is 2.61 bits per heavy atom. The molecule has 0 aromatic heterocycles. The summed E-state index contributed by atoms with van der Waals surface area (Å²) in [6.45, 7) is 0. The third kappa shape index (κ3) is 4.83. The largest absolute Gasteiger partial charge is 0.466 e. The third-order valence-corrected chi connectivity index (χ3v) is 8.56. The van der Waals surface area contributed by atoms with E-state index in [1.807, 2.05) is 0 Å². The molecule has 0 unspecified atom stereocenters. The molecule has 0 saturated heterocycles. The maximum atomic E-state index is 14.9. The lowest BCUT2D eigenvalue weighted by molar-refractivity contribution is -0.134. The van der Waals surface area contributed by atoms with E-state index in [9.17, 15) is 22.0 Å². The summed E-state index contributed by atoms with van der Waals surface area (Å²) >= 11 is 5.91. The molecule has 0 radical (unpaired) electrons. The number of benzene rings is 2. The number of ether oxygens (including phenoxy) is 1. The molecule has 31 heavy (non-hydrogen) atoms. The second kappa shape index (κ2) is 9.49. The highest BCUT2D eigenvalue weighted by Gasteiger charge is 2.50. The van der Waals surface area contributed by atoms with E-state index in [1.54, 1.807) is 6.08 Å². The average molecular weight is 469 g/mol. The summed E-state index contributed by atoms with van der Waals surface area (Å²) in [4.78, 5) is 11.4. The van der Waals surface area contributed by atoms with Crippen molar-refractivity contribution in [1.82, 2.24) is 0 Å². The number of esters is 1. The van der Waals surface area contributed by atoms with Gasteiger partial charge in [-0.1, -0.05) is 30.5 Å². The molecule has 0 spiro atoms. The minimum absolute atomic E-state index is 0.00585. The number of hydrogen-bond donors (Lipinski definition) is 0. The smallest absolute Gasteiger partial charge is 0.330 e. The van der Waals surface area contributed by atoms with Crippen LogP contribution in [0.2, 0.25) is 5.02 Å². The predicted molar refractivity (Wildman–Crippen MR) is 114 cm³/mol. The first-order valence-electron chi connectivity index (χ1n) is 9.90. The Balaban J connectivity index is 2.09. The van der Waals surface area contributed by atoms with Crippen LogP contribution >= 0.6 is 11.6 Å². The zero-order valence-electron chi connectivity index (χ0n) is 17.0. The number of allylic oxidation sites excluding steroid dienone is 1. The predicted octanol–water partition coefficient (Wildman–Crippen LogP) is 5.60. The van der Waals surface area contributed by atoms with Gasteiger partial charge in [0.1, 0.15) is 16.4 Å². The summed E-state index contributed by atoms with van der Waals surface area (Å²) in [5.41, 5.74) is -0.163. The topological polar surface area (TPSA) is 60.4 Å². The van der Waals surface area contributed by atoms with Gasteiger partial charge in [0, 0.05) is 16.7 Å². The number of sulfone groups is 1. The summed E-state index contributed by atoms with van der Waals surface area (Å²) < 4.78 is 59.6. The minimum Gasteiger partial charge on any atom is -0.466 e. The molecule has 1 fully saturated rings. The van der Waals surface area contributed by atoms with Gasteiger partial charge in [-0.05, 0) is 67.6 Å². The van der Waals surface area contributed by atoms with Crippen LogP contribution in [0.5, 0.6) is 0 Å². The molecule has 2 aromatic rings.